The van der Waals surface area contributed by atoms with Gasteiger partial charge < -0.3 is 19.9 Å². The van der Waals surface area contributed by atoms with E-state index in [4.69, 9.17) is 15.5 Å². The fraction of sp³-hybridized carbons (Fsp3) is 0.407. The molecule has 0 radical (unpaired) electrons. The number of anilines is 1. The van der Waals surface area contributed by atoms with Crippen molar-refractivity contribution in [3.8, 4) is 6.07 Å². The fourth-order valence-corrected chi connectivity index (χ4v) is 5.25. The van der Waals surface area contributed by atoms with Crippen molar-refractivity contribution in [2.75, 3.05) is 24.6 Å². The highest BCUT2D eigenvalue weighted by Gasteiger charge is 2.27. The van der Waals surface area contributed by atoms with Crippen LogP contribution in [0.3, 0.4) is 0 Å². The van der Waals surface area contributed by atoms with E-state index in [0.717, 1.165) is 17.4 Å². The third-order valence-corrected chi connectivity index (χ3v) is 7.05. The predicted octanol–water partition coefficient (Wildman–Crippen LogP) is 1.34. The molecule has 0 bridgehead atoms. The number of carbonyl (C=O) groups is 1. The molecule has 1 aromatic carbocycles. The normalized spacial score (nSPS) is 15.5. The van der Waals surface area contributed by atoms with E-state index in [1.807, 2.05) is 17.9 Å². The van der Waals surface area contributed by atoms with Gasteiger partial charge in [0.05, 0.1) is 24.4 Å². The molecule has 1 unspecified atom stereocenters. The zero-order valence-electron chi connectivity index (χ0n) is 22.0. The summed E-state index contributed by atoms with van der Waals surface area (Å²) in [6.45, 7) is 4.89. The van der Waals surface area contributed by atoms with E-state index in [2.05, 4.69) is 11.1 Å². The maximum absolute atomic E-state index is 14.0. The van der Waals surface area contributed by atoms with Crippen molar-refractivity contribution in [2.24, 2.45) is 5.73 Å². The van der Waals surface area contributed by atoms with Crippen molar-refractivity contribution in [1.82, 2.24) is 23.7 Å². The van der Waals surface area contributed by atoms with Crippen LogP contribution in [0.15, 0.2) is 40.1 Å². The average Bonchev–Trinajstić information content (AvgIpc) is 3.33. The minimum absolute atomic E-state index is 0.0296. The topological polar surface area (TPSA) is 154 Å². The third kappa shape index (κ3) is 4.66. The van der Waals surface area contributed by atoms with Gasteiger partial charge in [0.1, 0.15) is 12.6 Å². The highest BCUT2D eigenvalue weighted by atomic mass is 16.5. The summed E-state index contributed by atoms with van der Waals surface area (Å²) in [6, 6.07) is 9.31. The molecule has 1 saturated heterocycles. The molecule has 0 amide bonds. The first-order valence-electron chi connectivity index (χ1n) is 13.0. The van der Waals surface area contributed by atoms with Gasteiger partial charge in [-0.15, -0.1) is 0 Å². The summed E-state index contributed by atoms with van der Waals surface area (Å²) >= 11 is 0. The number of ether oxygens (including phenoxy) is 1. The van der Waals surface area contributed by atoms with Crippen LogP contribution in [-0.2, 0) is 29.2 Å². The Morgan fingerprint density at radius 1 is 1.18 bits per heavy atom. The Kier molecular flexibility index (Phi) is 7.17. The molecule has 5 rings (SSSR count). The number of aromatic nitrogens is 5. The second-order valence-corrected chi connectivity index (χ2v) is 9.52. The van der Waals surface area contributed by atoms with E-state index < -0.39 is 23.8 Å². The number of rotatable bonds is 7. The molecule has 1 aliphatic rings. The Hall–Kier alpha value is -4.50. The Morgan fingerprint density at radius 2 is 1.95 bits per heavy atom. The van der Waals surface area contributed by atoms with Gasteiger partial charge in [0.2, 0.25) is 5.95 Å². The maximum atomic E-state index is 14.0. The number of benzene rings is 1. The van der Waals surface area contributed by atoms with E-state index in [0.29, 0.717) is 47.6 Å². The number of nitrogens with zero attached hydrogens (tertiary/aromatic N) is 7. The van der Waals surface area contributed by atoms with Crippen molar-refractivity contribution < 1.29 is 9.53 Å². The summed E-state index contributed by atoms with van der Waals surface area (Å²) in [4.78, 5) is 51.5. The van der Waals surface area contributed by atoms with Crippen molar-refractivity contribution in [3.63, 3.8) is 0 Å². The summed E-state index contributed by atoms with van der Waals surface area (Å²) in [6.07, 6.45) is 3.21. The van der Waals surface area contributed by atoms with Gasteiger partial charge in [-0.25, -0.2) is 4.79 Å². The number of nitriles is 1. The maximum Gasteiger partial charge on any atom is 0.333 e. The second-order valence-electron chi connectivity index (χ2n) is 9.52. The zero-order chi connectivity index (χ0) is 27.7. The van der Waals surface area contributed by atoms with Gasteiger partial charge in [-0.3, -0.25) is 23.7 Å². The molecule has 4 aromatic rings. The van der Waals surface area contributed by atoms with E-state index in [1.165, 1.54) is 10.8 Å². The van der Waals surface area contributed by atoms with Gasteiger partial charge in [0.25, 0.3) is 5.56 Å². The van der Waals surface area contributed by atoms with Gasteiger partial charge in [0, 0.05) is 42.6 Å². The van der Waals surface area contributed by atoms with Crippen LogP contribution < -0.4 is 21.9 Å². The van der Waals surface area contributed by atoms with E-state index in [9.17, 15) is 19.6 Å². The molecular weight excluding hydrogens is 500 g/mol. The molecule has 12 heteroatoms. The summed E-state index contributed by atoms with van der Waals surface area (Å²) in [5.74, 6) is -0.0721. The molecule has 0 spiro atoms. The zero-order valence-corrected chi connectivity index (χ0v) is 22.0. The Labute approximate surface area is 223 Å². The first kappa shape index (κ1) is 26.1. The number of nitrogens with two attached hydrogens (primary N) is 1. The highest BCUT2D eigenvalue weighted by Crippen LogP contribution is 2.24. The first-order valence-corrected chi connectivity index (χ1v) is 13.0. The Bertz CT molecular complexity index is 1730. The van der Waals surface area contributed by atoms with Crippen LogP contribution in [0, 0.1) is 11.3 Å². The molecule has 3 aromatic heterocycles. The SMILES string of the molecule is CCOC(=O)Cn1c(=O)n(Cc2ncc(C#N)c3ccccc23)c(=O)c2c1nc(N1CCCC(N)C1)n2CC. The van der Waals surface area contributed by atoms with Crippen molar-refractivity contribution in [3.05, 3.63) is 62.6 Å². The Balaban J connectivity index is 1.74. The lowest BCUT2D eigenvalue weighted by molar-refractivity contribution is -0.143. The second kappa shape index (κ2) is 10.7. The third-order valence-electron chi connectivity index (χ3n) is 7.05. The molecule has 1 atom stereocenters. The number of carbonyl (C=O) groups excluding carboxylic acids is 1. The molecule has 12 nitrogen and oxygen atoms in total. The van der Waals surface area contributed by atoms with Crippen LogP contribution in [-0.4, -0.2) is 55.4 Å². The number of pyridine rings is 1. The number of imidazole rings is 1. The molecule has 1 aliphatic heterocycles. The quantitative estimate of drug-likeness (QED) is 0.349. The number of hydrogen-bond donors (Lipinski definition) is 1. The number of fused-ring (bicyclic) bond motifs is 2. The predicted molar refractivity (Wildman–Crippen MR) is 146 cm³/mol. The van der Waals surface area contributed by atoms with Gasteiger partial charge >= 0.3 is 11.7 Å². The molecule has 202 valence electrons. The standard InChI is InChI=1S/C27H30N8O4/c1-3-33-23-24(31-26(33)32-11-7-8-18(29)14-32)34(16-22(36)39-4-2)27(38)35(25(23)37)15-21-20-10-6-5-9-19(20)17(12-28)13-30-21/h5-6,9-10,13,18H,3-4,7-8,11,14-16,29H2,1-2H3. The van der Waals surface area contributed by atoms with Crippen molar-refractivity contribution in [1.29, 1.82) is 5.26 Å². The average molecular weight is 531 g/mol. The number of aryl methyl sites for hydroxylation is 1. The molecule has 2 N–H and O–H groups in total. The minimum Gasteiger partial charge on any atom is -0.465 e. The van der Waals surface area contributed by atoms with Gasteiger partial charge in [-0.1, -0.05) is 24.3 Å². The van der Waals surface area contributed by atoms with E-state index in [-0.39, 0.29) is 30.4 Å². The van der Waals surface area contributed by atoms with Crippen molar-refractivity contribution >= 4 is 33.9 Å². The molecular formula is C27H30N8O4. The summed E-state index contributed by atoms with van der Waals surface area (Å²) in [5.41, 5.74) is 6.18. The number of piperidine rings is 1. The molecule has 4 heterocycles. The van der Waals surface area contributed by atoms with Crippen LogP contribution in [0.4, 0.5) is 5.95 Å². The molecule has 39 heavy (non-hydrogen) atoms. The first-order chi connectivity index (χ1) is 18.9. The Morgan fingerprint density at radius 3 is 2.64 bits per heavy atom. The van der Waals surface area contributed by atoms with Gasteiger partial charge in [-0.2, -0.15) is 10.2 Å². The minimum atomic E-state index is -0.696. The molecule has 1 fully saturated rings. The number of hydrogen-bond acceptors (Lipinski definition) is 9. The van der Waals surface area contributed by atoms with Crippen LogP contribution >= 0.6 is 0 Å². The van der Waals surface area contributed by atoms with Crippen LogP contribution in [0.2, 0.25) is 0 Å². The summed E-state index contributed by atoms with van der Waals surface area (Å²) in [7, 11) is 0. The summed E-state index contributed by atoms with van der Waals surface area (Å²) < 4.78 is 9.17. The van der Waals surface area contributed by atoms with Gasteiger partial charge in [-0.05, 0) is 26.7 Å². The lowest BCUT2D eigenvalue weighted by Crippen LogP contribution is -2.44. The lowest BCUT2D eigenvalue weighted by Gasteiger charge is -2.31. The van der Waals surface area contributed by atoms with E-state index in [1.54, 1.807) is 29.7 Å². The summed E-state index contributed by atoms with van der Waals surface area (Å²) in [5, 5.41) is 10.8. The monoisotopic (exact) mass is 530 g/mol. The van der Waals surface area contributed by atoms with Crippen LogP contribution in [0.25, 0.3) is 21.9 Å². The lowest BCUT2D eigenvalue weighted by atomic mass is 10.1. The largest absolute Gasteiger partial charge is 0.465 e. The molecule has 0 aliphatic carbocycles. The fourth-order valence-electron chi connectivity index (χ4n) is 5.25. The highest BCUT2D eigenvalue weighted by molar-refractivity contribution is 5.89. The smallest absolute Gasteiger partial charge is 0.333 e. The van der Waals surface area contributed by atoms with Gasteiger partial charge in [0.15, 0.2) is 11.2 Å². The van der Waals surface area contributed by atoms with Crippen molar-refractivity contribution in [2.45, 2.75) is 52.4 Å². The number of esters is 1. The molecule has 0 saturated carbocycles. The van der Waals surface area contributed by atoms with Crippen LogP contribution in [0.5, 0.6) is 0 Å². The van der Waals surface area contributed by atoms with E-state index >= 15 is 0 Å². The van der Waals surface area contributed by atoms with Crippen LogP contribution in [0.1, 0.15) is 37.9 Å².